The van der Waals surface area contributed by atoms with Gasteiger partial charge < -0.3 is 24.8 Å². The zero-order valence-electron chi connectivity index (χ0n) is 27.0. The lowest BCUT2D eigenvalue weighted by Gasteiger charge is -2.49. The highest BCUT2D eigenvalue weighted by Gasteiger charge is 2.57. The summed E-state index contributed by atoms with van der Waals surface area (Å²) in [5, 5.41) is 4.21. The van der Waals surface area contributed by atoms with E-state index in [1.807, 2.05) is 30.3 Å². The van der Waals surface area contributed by atoms with Gasteiger partial charge in [0.05, 0.1) is 23.7 Å². The molecule has 0 bridgehead atoms. The zero-order valence-corrected chi connectivity index (χ0v) is 27.8. The predicted molar refractivity (Wildman–Crippen MR) is 179 cm³/mol. The summed E-state index contributed by atoms with van der Waals surface area (Å²) in [6.07, 6.45) is 2.56. The molecular weight excluding hydrogens is 634 g/mol. The predicted octanol–water partition coefficient (Wildman–Crippen LogP) is 4.39. The molecule has 48 heavy (non-hydrogen) atoms. The van der Waals surface area contributed by atoms with Crippen molar-refractivity contribution >= 4 is 40.8 Å². The monoisotopic (exact) mass is 671 g/mol. The van der Waals surface area contributed by atoms with Gasteiger partial charge in [0.15, 0.2) is 0 Å². The summed E-state index contributed by atoms with van der Waals surface area (Å²) in [6, 6.07) is 22.3. The van der Waals surface area contributed by atoms with Gasteiger partial charge in [-0.2, -0.15) is 0 Å². The van der Waals surface area contributed by atoms with E-state index in [2.05, 4.69) is 10.6 Å². The molecule has 2 heterocycles. The van der Waals surface area contributed by atoms with Crippen LogP contribution in [0, 0.1) is 0 Å². The number of nitrogens with one attached hydrogen (secondary N) is 2. The van der Waals surface area contributed by atoms with Gasteiger partial charge in [-0.15, -0.1) is 0 Å². The van der Waals surface area contributed by atoms with Gasteiger partial charge in [0.1, 0.15) is 41.1 Å². The van der Waals surface area contributed by atoms with Crippen LogP contribution in [0.1, 0.15) is 43.5 Å². The Morgan fingerprint density at radius 1 is 0.958 bits per heavy atom. The molecule has 0 spiro atoms. The maximum atomic E-state index is 13.7. The zero-order chi connectivity index (χ0) is 34.4. The largest absolute Gasteiger partial charge is 0.497 e. The van der Waals surface area contributed by atoms with Crippen molar-refractivity contribution in [2.45, 2.75) is 50.4 Å². The molecule has 0 aliphatic carbocycles. The average Bonchev–Trinajstić information content (AvgIpc) is 3.07. The number of rotatable bonds is 10. The molecule has 250 valence electrons. The molecule has 3 aromatic rings. The molecule has 1 fully saturated rings. The summed E-state index contributed by atoms with van der Waals surface area (Å²) in [5.74, 6) is -1.49. The SMILES string of the molecule is COc1ccc(C=CC2=C(C(=O)OCc3ccccc3)N3C(=O)C(NC(=O)C(NC(=O)OC(C)(C)C)c4ccccc4)[C@@H]3S(=O)C2)cc1. The fraction of sp³-hybridized carbons (Fsp3) is 0.278. The summed E-state index contributed by atoms with van der Waals surface area (Å²) in [6.45, 7) is 5.05. The van der Waals surface area contributed by atoms with Gasteiger partial charge in [-0.25, -0.2) is 9.59 Å². The third-order valence-corrected chi connectivity index (χ3v) is 9.13. The number of nitrogens with zero attached hydrogens (tertiary/aromatic N) is 1. The van der Waals surface area contributed by atoms with Crippen LogP contribution >= 0.6 is 0 Å². The Bertz CT molecular complexity index is 1750. The van der Waals surface area contributed by atoms with Crippen molar-refractivity contribution in [3.63, 3.8) is 0 Å². The lowest BCUT2D eigenvalue weighted by molar-refractivity contribution is -0.153. The molecule has 11 nitrogen and oxygen atoms in total. The number of amides is 3. The molecule has 3 aromatic carbocycles. The van der Waals surface area contributed by atoms with Crippen LogP contribution in [0.2, 0.25) is 0 Å². The summed E-state index contributed by atoms with van der Waals surface area (Å²) in [5.41, 5.74) is 1.49. The standard InChI is InChI=1S/C36H37N3O8S/c1-36(2,3)47-35(43)38-28(25-13-9-6-10-14-25)31(40)37-29-32(41)39-30(34(42)46-21-24-11-7-5-8-12-24)26(22-48(44)33(29)39)18-15-23-16-19-27(45-4)20-17-23/h5-20,28-29,33H,21-22H2,1-4H3,(H,37,40)(H,38,43)/t28?,29?,33-,48?/m0/s1. The minimum absolute atomic E-state index is 0.0380. The number of hydrogen-bond acceptors (Lipinski definition) is 8. The van der Waals surface area contributed by atoms with Gasteiger partial charge in [-0.1, -0.05) is 84.9 Å². The van der Waals surface area contributed by atoms with E-state index >= 15 is 0 Å². The van der Waals surface area contributed by atoms with Gasteiger partial charge in [0.2, 0.25) is 5.91 Å². The normalized spacial score (nSPS) is 19.5. The lowest BCUT2D eigenvalue weighted by atomic mass is 10.0. The highest BCUT2D eigenvalue weighted by molar-refractivity contribution is 7.86. The van der Waals surface area contributed by atoms with Gasteiger partial charge in [-0.3, -0.25) is 18.7 Å². The van der Waals surface area contributed by atoms with Crippen LogP contribution in [-0.2, 0) is 41.3 Å². The maximum absolute atomic E-state index is 13.7. The Labute approximate surface area is 281 Å². The van der Waals surface area contributed by atoms with Crippen LogP contribution in [0.5, 0.6) is 5.75 Å². The van der Waals surface area contributed by atoms with Crippen LogP contribution in [0.4, 0.5) is 4.79 Å². The first-order valence-electron chi connectivity index (χ1n) is 15.3. The van der Waals surface area contributed by atoms with Crippen LogP contribution in [0.15, 0.2) is 102 Å². The summed E-state index contributed by atoms with van der Waals surface area (Å²) >= 11 is 0. The van der Waals surface area contributed by atoms with Gasteiger partial charge >= 0.3 is 12.1 Å². The van der Waals surface area contributed by atoms with Gasteiger partial charge in [0, 0.05) is 0 Å². The number of esters is 1. The fourth-order valence-corrected chi connectivity index (χ4v) is 6.88. The molecule has 3 amide bonds. The smallest absolute Gasteiger partial charge is 0.408 e. The van der Waals surface area contributed by atoms with Crippen molar-refractivity contribution in [2.24, 2.45) is 0 Å². The highest BCUT2D eigenvalue weighted by Crippen LogP contribution is 2.36. The maximum Gasteiger partial charge on any atom is 0.408 e. The molecule has 2 N–H and O–H groups in total. The van der Waals surface area contributed by atoms with Crippen LogP contribution in [0.25, 0.3) is 6.08 Å². The van der Waals surface area contributed by atoms with Crippen molar-refractivity contribution in [1.82, 2.24) is 15.5 Å². The first-order valence-corrected chi connectivity index (χ1v) is 16.6. The minimum Gasteiger partial charge on any atom is -0.497 e. The third-order valence-electron chi connectivity index (χ3n) is 7.51. The van der Waals surface area contributed by atoms with Gasteiger partial charge in [-0.05, 0) is 55.2 Å². The lowest BCUT2D eigenvalue weighted by Crippen LogP contribution is -2.74. The number of ether oxygens (including phenoxy) is 3. The van der Waals surface area contributed by atoms with E-state index in [9.17, 15) is 23.4 Å². The van der Waals surface area contributed by atoms with E-state index < -0.39 is 57.7 Å². The second kappa shape index (κ2) is 14.7. The Hall–Kier alpha value is -5.23. The van der Waals surface area contributed by atoms with E-state index in [-0.39, 0.29) is 18.1 Å². The van der Waals surface area contributed by atoms with Crippen LogP contribution in [-0.4, -0.2) is 62.9 Å². The molecule has 12 heteroatoms. The van der Waals surface area contributed by atoms with Gasteiger partial charge in [0.25, 0.3) is 5.91 Å². The number of benzene rings is 3. The second-order valence-corrected chi connectivity index (χ2v) is 13.7. The fourth-order valence-electron chi connectivity index (χ4n) is 5.23. The van der Waals surface area contributed by atoms with E-state index in [1.165, 1.54) is 0 Å². The van der Waals surface area contributed by atoms with Crippen molar-refractivity contribution < 1.29 is 37.6 Å². The number of methoxy groups -OCH3 is 1. The highest BCUT2D eigenvalue weighted by atomic mass is 32.2. The quantitative estimate of drug-likeness (QED) is 0.239. The molecule has 2 aliphatic rings. The van der Waals surface area contributed by atoms with Crippen molar-refractivity contribution in [2.75, 3.05) is 12.9 Å². The Balaban J connectivity index is 1.41. The van der Waals surface area contributed by atoms with E-state index in [4.69, 9.17) is 14.2 Å². The van der Waals surface area contributed by atoms with E-state index in [1.54, 1.807) is 94.6 Å². The van der Waals surface area contributed by atoms with E-state index in [0.29, 0.717) is 16.9 Å². The number of carbonyl (C=O) groups excluding carboxylic acids is 4. The average molecular weight is 672 g/mol. The third kappa shape index (κ3) is 8.00. The molecule has 0 radical (unpaired) electrons. The van der Waals surface area contributed by atoms with Crippen LogP contribution in [0.3, 0.4) is 0 Å². The summed E-state index contributed by atoms with van der Waals surface area (Å²) in [7, 11) is -0.141. The number of carbonyl (C=O) groups is 4. The number of β-lactam (4-membered cyclic amide) rings is 1. The Kier molecular flexibility index (Phi) is 10.4. The number of hydrogen-bond donors (Lipinski definition) is 2. The van der Waals surface area contributed by atoms with Crippen molar-refractivity contribution in [1.29, 1.82) is 0 Å². The molecule has 0 saturated carbocycles. The van der Waals surface area contributed by atoms with Crippen molar-refractivity contribution in [3.8, 4) is 5.75 Å². The first kappa shape index (κ1) is 34.1. The molecule has 0 aromatic heterocycles. The second-order valence-electron chi connectivity index (χ2n) is 12.1. The first-order chi connectivity index (χ1) is 22.9. The number of alkyl carbamates (subject to hydrolysis) is 1. The molecule has 1 saturated heterocycles. The Morgan fingerprint density at radius 2 is 1.60 bits per heavy atom. The molecular formula is C36H37N3O8S. The Morgan fingerprint density at radius 3 is 2.23 bits per heavy atom. The summed E-state index contributed by atoms with van der Waals surface area (Å²) in [4.78, 5) is 54.8. The minimum atomic E-state index is -1.71. The molecule has 4 atom stereocenters. The number of fused-ring (bicyclic) bond motifs is 1. The topological polar surface area (TPSA) is 140 Å². The van der Waals surface area contributed by atoms with Crippen molar-refractivity contribution in [3.05, 3.63) is 119 Å². The number of allylic oxidation sites excluding steroid dienone is 1. The molecule has 5 rings (SSSR count). The van der Waals surface area contributed by atoms with Crippen LogP contribution < -0.4 is 15.4 Å². The molecule has 3 unspecified atom stereocenters. The molecule has 2 aliphatic heterocycles. The van der Waals surface area contributed by atoms with E-state index in [0.717, 1.165) is 16.0 Å². The summed E-state index contributed by atoms with van der Waals surface area (Å²) < 4.78 is 29.9.